The molecule has 3 rings (SSSR count). The molecule has 1 fully saturated rings. The summed E-state index contributed by atoms with van der Waals surface area (Å²) < 4.78 is 31.7. The SMILES string of the molecule is O=C(CNC(=O)Nc1ccccc1)Nc1ccc(S(=O)(=O)N2CCOCC2)cc1. The van der Waals surface area contributed by atoms with Crippen LogP contribution in [0.3, 0.4) is 0 Å². The average Bonchev–Trinajstić information content (AvgIpc) is 2.74. The lowest BCUT2D eigenvalue weighted by atomic mass is 10.3. The van der Waals surface area contributed by atoms with E-state index in [1.165, 1.54) is 28.6 Å². The largest absolute Gasteiger partial charge is 0.379 e. The highest BCUT2D eigenvalue weighted by Crippen LogP contribution is 2.19. The molecule has 9 nitrogen and oxygen atoms in total. The van der Waals surface area contributed by atoms with E-state index in [0.717, 1.165) is 0 Å². The number of nitrogens with one attached hydrogen (secondary N) is 3. The van der Waals surface area contributed by atoms with E-state index in [0.29, 0.717) is 37.7 Å². The van der Waals surface area contributed by atoms with Crippen LogP contribution in [0.4, 0.5) is 16.2 Å². The number of hydrogen-bond acceptors (Lipinski definition) is 5. The van der Waals surface area contributed by atoms with Crippen molar-refractivity contribution < 1.29 is 22.7 Å². The van der Waals surface area contributed by atoms with Crippen molar-refractivity contribution in [2.24, 2.45) is 0 Å². The molecule has 2 aromatic rings. The van der Waals surface area contributed by atoms with Gasteiger partial charge in [-0.1, -0.05) is 18.2 Å². The fourth-order valence-electron chi connectivity index (χ4n) is 2.71. The van der Waals surface area contributed by atoms with E-state index in [9.17, 15) is 18.0 Å². The predicted molar refractivity (Wildman–Crippen MR) is 108 cm³/mol. The van der Waals surface area contributed by atoms with Gasteiger partial charge in [0.15, 0.2) is 0 Å². The summed E-state index contributed by atoms with van der Waals surface area (Å²) in [6.45, 7) is 1.15. The van der Waals surface area contributed by atoms with E-state index < -0.39 is 22.0 Å². The zero-order valence-corrected chi connectivity index (χ0v) is 16.4. The standard InChI is InChI=1S/C19H22N4O5S/c24-18(14-20-19(25)22-15-4-2-1-3-5-15)21-16-6-8-17(9-7-16)29(26,27)23-10-12-28-13-11-23/h1-9H,10-14H2,(H,21,24)(H2,20,22,25). The molecule has 1 aliphatic rings. The zero-order valence-electron chi connectivity index (χ0n) is 15.6. The number of morpholine rings is 1. The first-order valence-corrected chi connectivity index (χ1v) is 10.5. The molecule has 0 bridgehead atoms. The number of benzene rings is 2. The van der Waals surface area contributed by atoms with Crippen molar-refractivity contribution in [2.45, 2.75) is 4.90 Å². The monoisotopic (exact) mass is 418 g/mol. The minimum atomic E-state index is -3.58. The Bertz CT molecular complexity index is 942. The van der Waals surface area contributed by atoms with Crippen molar-refractivity contribution in [2.75, 3.05) is 43.5 Å². The third kappa shape index (κ3) is 5.76. The summed E-state index contributed by atoms with van der Waals surface area (Å²) in [6.07, 6.45) is 0. The summed E-state index contributed by atoms with van der Waals surface area (Å²) in [5.74, 6) is -0.433. The van der Waals surface area contributed by atoms with E-state index in [1.54, 1.807) is 24.3 Å². The molecule has 3 amide bonds. The normalized spacial score (nSPS) is 14.8. The lowest BCUT2D eigenvalue weighted by Crippen LogP contribution is -2.40. The van der Waals surface area contributed by atoms with Crippen LogP contribution in [0.25, 0.3) is 0 Å². The van der Waals surface area contributed by atoms with Gasteiger partial charge in [-0.05, 0) is 36.4 Å². The van der Waals surface area contributed by atoms with Crippen LogP contribution in [0, 0.1) is 0 Å². The maximum Gasteiger partial charge on any atom is 0.319 e. The molecule has 29 heavy (non-hydrogen) atoms. The van der Waals surface area contributed by atoms with Gasteiger partial charge >= 0.3 is 6.03 Å². The molecule has 1 heterocycles. The number of amides is 3. The topological polar surface area (TPSA) is 117 Å². The molecule has 2 aromatic carbocycles. The molecule has 0 unspecified atom stereocenters. The smallest absolute Gasteiger partial charge is 0.319 e. The first kappa shape index (κ1) is 20.8. The average molecular weight is 418 g/mol. The van der Waals surface area contributed by atoms with Crippen LogP contribution in [-0.2, 0) is 19.6 Å². The molecule has 154 valence electrons. The first-order valence-electron chi connectivity index (χ1n) is 9.03. The van der Waals surface area contributed by atoms with Crippen LogP contribution in [0.1, 0.15) is 0 Å². The summed E-state index contributed by atoms with van der Waals surface area (Å²) in [4.78, 5) is 23.9. The fourth-order valence-corrected chi connectivity index (χ4v) is 4.12. The van der Waals surface area contributed by atoms with Gasteiger partial charge in [0.1, 0.15) is 0 Å². The number of anilines is 2. The van der Waals surface area contributed by atoms with Crippen LogP contribution in [0.2, 0.25) is 0 Å². The predicted octanol–water partition coefficient (Wildman–Crippen LogP) is 1.47. The number of ether oxygens (including phenoxy) is 1. The molecule has 1 saturated heterocycles. The molecule has 3 N–H and O–H groups in total. The van der Waals surface area contributed by atoms with Crippen LogP contribution >= 0.6 is 0 Å². The van der Waals surface area contributed by atoms with E-state index in [-0.39, 0.29) is 11.4 Å². The number of rotatable bonds is 6. The lowest BCUT2D eigenvalue weighted by molar-refractivity contribution is -0.115. The van der Waals surface area contributed by atoms with Gasteiger partial charge in [-0.25, -0.2) is 13.2 Å². The molecule has 0 atom stereocenters. The van der Waals surface area contributed by atoms with Crippen LogP contribution in [0.5, 0.6) is 0 Å². The lowest BCUT2D eigenvalue weighted by Gasteiger charge is -2.26. The number of carbonyl (C=O) groups excluding carboxylic acids is 2. The summed E-state index contributed by atoms with van der Waals surface area (Å²) in [7, 11) is -3.58. The number of nitrogens with zero attached hydrogens (tertiary/aromatic N) is 1. The Hall–Kier alpha value is -2.95. The van der Waals surface area contributed by atoms with Crippen molar-refractivity contribution in [3.63, 3.8) is 0 Å². The molecule has 10 heteroatoms. The summed E-state index contributed by atoms with van der Waals surface area (Å²) in [6, 6.07) is 14.2. The van der Waals surface area contributed by atoms with Crippen LogP contribution in [-0.4, -0.2) is 57.5 Å². The molecule has 1 aliphatic heterocycles. The highest BCUT2D eigenvalue weighted by atomic mass is 32.2. The maximum atomic E-state index is 12.6. The Kier molecular flexibility index (Phi) is 6.81. The van der Waals surface area contributed by atoms with Gasteiger partial charge in [0, 0.05) is 24.5 Å². The minimum Gasteiger partial charge on any atom is -0.379 e. The second-order valence-electron chi connectivity index (χ2n) is 6.26. The van der Waals surface area contributed by atoms with E-state index in [2.05, 4.69) is 16.0 Å². The third-order valence-electron chi connectivity index (χ3n) is 4.19. The Morgan fingerprint density at radius 1 is 0.897 bits per heavy atom. The van der Waals surface area contributed by atoms with Crippen molar-refractivity contribution in [1.82, 2.24) is 9.62 Å². The Labute approximate surface area is 169 Å². The Morgan fingerprint density at radius 3 is 2.17 bits per heavy atom. The molecule has 0 radical (unpaired) electrons. The fraction of sp³-hybridized carbons (Fsp3) is 0.263. The molecule has 0 spiro atoms. The van der Waals surface area contributed by atoms with E-state index >= 15 is 0 Å². The number of sulfonamides is 1. The first-order chi connectivity index (χ1) is 13.9. The van der Waals surface area contributed by atoms with Crippen molar-refractivity contribution >= 4 is 33.3 Å². The number of urea groups is 1. The third-order valence-corrected chi connectivity index (χ3v) is 6.10. The van der Waals surface area contributed by atoms with Gasteiger partial charge in [-0.3, -0.25) is 4.79 Å². The van der Waals surface area contributed by atoms with Crippen LogP contribution in [0.15, 0.2) is 59.5 Å². The minimum absolute atomic E-state index is 0.151. The molecule has 0 saturated carbocycles. The van der Waals surface area contributed by atoms with E-state index in [4.69, 9.17) is 4.74 Å². The second kappa shape index (κ2) is 9.50. The quantitative estimate of drug-likeness (QED) is 0.657. The molecular weight excluding hydrogens is 396 g/mol. The Balaban J connectivity index is 1.50. The molecular formula is C19H22N4O5S. The van der Waals surface area contributed by atoms with Gasteiger partial charge in [0.05, 0.1) is 24.7 Å². The van der Waals surface area contributed by atoms with Crippen molar-refractivity contribution in [1.29, 1.82) is 0 Å². The Morgan fingerprint density at radius 2 is 1.52 bits per heavy atom. The van der Waals surface area contributed by atoms with Gasteiger partial charge < -0.3 is 20.7 Å². The van der Waals surface area contributed by atoms with Crippen molar-refractivity contribution in [3.05, 3.63) is 54.6 Å². The molecule has 0 aliphatic carbocycles. The zero-order chi connectivity index (χ0) is 20.7. The number of carbonyl (C=O) groups is 2. The van der Waals surface area contributed by atoms with Gasteiger partial charge in [0.25, 0.3) is 0 Å². The van der Waals surface area contributed by atoms with Crippen LogP contribution < -0.4 is 16.0 Å². The molecule has 0 aromatic heterocycles. The van der Waals surface area contributed by atoms with E-state index in [1.807, 2.05) is 6.07 Å². The van der Waals surface area contributed by atoms with Crippen molar-refractivity contribution in [3.8, 4) is 0 Å². The number of para-hydroxylation sites is 1. The van der Waals surface area contributed by atoms with Gasteiger partial charge in [0.2, 0.25) is 15.9 Å². The second-order valence-corrected chi connectivity index (χ2v) is 8.20. The van der Waals surface area contributed by atoms with Gasteiger partial charge in [-0.15, -0.1) is 0 Å². The summed E-state index contributed by atoms with van der Waals surface area (Å²) >= 11 is 0. The summed E-state index contributed by atoms with van der Waals surface area (Å²) in [5.41, 5.74) is 1.05. The highest BCUT2D eigenvalue weighted by Gasteiger charge is 2.26. The summed E-state index contributed by atoms with van der Waals surface area (Å²) in [5, 5.41) is 7.67. The highest BCUT2D eigenvalue weighted by molar-refractivity contribution is 7.89. The van der Waals surface area contributed by atoms with Gasteiger partial charge in [-0.2, -0.15) is 4.31 Å². The maximum absolute atomic E-state index is 12.6. The number of hydrogen-bond donors (Lipinski definition) is 3.